The van der Waals surface area contributed by atoms with Gasteiger partial charge in [0.2, 0.25) is 0 Å². The van der Waals surface area contributed by atoms with E-state index in [0.717, 1.165) is 18.4 Å². The molecule has 1 amide bonds. The number of nitrogens with zero attached hydrogens (tertiary/aromatic N) is 3. The van der Waals surface area contributed by atoms with E-state index >= 15 is 0 Å². The molecule has 8 heteroatoms. The first kappa shape index (κ1) is 23.3. The number of anilines is 1. The number of fused-ring (bicyclic) bond motifs is 1. The number of hydrogen-bond acceptors (Lipinski definition) is 6. The Morgan fingerprint density at radius 2 is 2.03 bits per heavy atom. The third-order valence-electron chi connectivity index (χ3n) is 5.40. The molecule has 0 aliphatic heterocycles. The van der Waals surface area contributed by atoms with Crippen LogP contribution in [-0.2, 0) is 11.3 Å². The lowest BCUT2D eigenvalue weighted by Gasteiger charge is -2.19. The summed E-state index contributed by atoms with van der Waals surface area (Å²) in [7, 11) is 0. The summed E-state index contributed by atoms with van der Waals surface area (Å²) < 4.78 is 7.15. The van der Waals surface area contributed by atoms with Gasteiger partial charge in [-0.2, -0.15) is 0 Å². The Bertz CT molecular complexity index is 1290. The highest BCUT2D eigenvalue weighted by molar-refractivity contribution is 5.97. The molecule has 0 saturated heterocycles. The zero-order valence-electron chi connectivity index (χ0n) is 19.7. The number of aromatic nitrogens is 3. The van der Waals surface area contributed by atoms with Crippen molar-refractivity contribution < 1.29 is 14.3 Å². The normalized spacial score (nSPS) is 13.3. The van der Waals surface area contributed by atoms with E-state index in [1.54, 1.807) is 0 Å². The number of carbonyl (C=O) groups is 2. The van der Waals surface area contributed by atoms with Gasteiger partial charge in [0.05, 0.1) is 10.9 Å². The largest absolute Gasteiger partial charge is 0.444 e. The van der Waals surface area contributed by atoms with E-state index in [-0.39, 0.29) is 5.78 Å². The van der Waals surface area contributed by atoms with Crippen molar-refractivity contribution in [3.05, 3.63) is 53.5 Å². The van der Waals surface area contributed by atoms with Gasteiger partial charge >= 0.3 is 6.09 Å². The second kappa shape index (κ2) is 9.56. The first-order chi connectivity index (χ1) is 16.2. The molecule has 1 fully saturated rings. The van der Waals surface area contributed by atoms with E-state index in [4.69, 9.17) is 10.5 Å². The Morgan fingerprint density at radius 1 is 1.24 bits per heavy atom. The predicted molar refractivity (Wildman–Crippen MR) is 130 cm³/mol. The van der Waals surface area contributed by atoms with Gasteiger partial charge in [0.1, 0.15) is 23.4 Å². The molecular formula is C26H29N5O3. The van der Waals surface area contributed by atoms with Gasteiger partial charge in [-0.3, -0.25) is 4.79 Å². The molecule has 0 unspecified atom stereocenters. The fourth-order valence-corrected chi connectivity index (χ4v) is 3.62. The van der Waals surface area contributed by atoms with Gasteiger partial charge in [-0.05, 0) is 51.7 Å². The van der Waals surface area contributed by atoms with Crippen LogP contribution in [0.15, 0.2) is 36.8 Å². The molecule has 3 aromatic rings. The van der Waals surface area contributed by atoms with Crippen LogP contribution in [0, 0.1) is 17.8 Å². The Balaban J connectivity index is 1.53. The fraction of sp³-hybridized carbons (Fsp3) is 0.385. The average molecular weight is 460 g/mol. The first-order valence-electron chi connectivity index (χ1n) is 11.4. The maximum absolute atomic E-state index is 12.4. The van der Waals surface area contributed by atoms with E-state index in [1.807, 2.05) is 55.8 Å². The molecule has 176 valence electrons. The highest BCUT2D eigenvalue weighted by atomic mass is 16.6. The summed E-state index contributed by atoms with van der Waals surface area (Å²) in [5.41, 5.74) is 8.34. The molecule has 4 rings (SSSR count). The number of alkyl carbamates (subject to hydrolysis) is 1. The molecule has 2 aromatic heterocycles. The number of rotatable bonds is 6. The zero-order valence-corrected chi connectivity index (χ0v) is 19.7. The van der Waals surface area contributed by atoms with Crippen LogP contribution in [0.2, 0.25) is 0 Å². The maximum atomic E-state index is 12.4. The Labute approximate surface area is 198 Å². The number of nitrogens with one attached hydrogen (secondary N) is 1. The lowest BCUT2D eigenvalue weighted by atomic mass is 10.0. The lowest BCUT2D eigenvalue weighted by molar-refractivity contribution is 0.0526. The van der Waals surface area contributed by atoms with Crippen LogP contribution in [0.25, 0.3) is 11.0 Å². The number of Topliss-reactive ketones (excluding diaryl/α,β-unsaturated/α-hetero) is 1. The topological polar surface area (TPSA) is 112 Å². The molecule has 0 radical (unpaired) electrons. The van der Waals surface area contributed by atoms with Gasteiger partial charge in [-0.15, -0.1) is 0 Å². The predicted octanol–water partition coefficient (Wildman–Crippen LogP) is 3.92. The first-order valence-corrected chi connectivity index (χ1v) is 11.4. The number of amides is 1. The number of carbonyl (C=O) groups excluding carboxylic acids is 2. The summed E-state index contributed by atoms with van der Waals surface area (Å²) in [4.78, 5) is 32.8. The third kappa shape index (κ3) is 5.93. The lowest BCUT2D eigenvalue weighted by Crippen LogP contribution is -2.34. The molecule has 1 aliphatic rings. The van der Waals surface area contributed by atoms with Crippen molar-refractivity contribution in [2.75, 3.05) is 12.3 Å². The molecule has 1 aromatic carbocycles. The molecule has 2 heterocycles. The van der Waals surface area contributed by atoms with E-state index in [0.29, 0.717) is 53.4 Å². The number of hydrogen-bond donors (Lipinski definition) is 2. The number of ketones is 1. The van der Waals surface area contributed by atoms with Crippen molar-refractivity contribution in [3.63, 3.8) is 0 Å². The van der Waals surface area contributed by atoms with Crippen LogP contribution >= 0.6 is 0 Å². The van der Waals surface area contributed by atoms with Crippen molar-refractivity contribution in [2.45, 2.75) is 52.2 Å². The van der Waals surface area contributed by atoms with Gasteiger partial charge in [0, 0.05) is 36.8 Å². The minimum Gasteiger partial charge on any atom is -0.444 e. The van der Waals surface area contributed by atoms with E-state index < -0.39 is 11.7 Å². The quantitative estimate of drug-likeness (QED) is 0.427. The molecule has 1 saturated carbocycles. The second-order valence-corrected chi connectivity index (χ2v) is 9.52. The van der Waals surface area contributed by atoms with Gasteiger partial charge in [-0.25, -0.2) is 14.8 Å². The van der Waals surface area contributed by atoms with Gasteiger partial charge in [0.25, 0.3) is 0 Å². The van der Waals surface area contributed by atoms with Crippen LogP contribution in [0.3, 0.4) is 0 Å². The number of nitrogens with two attached hydrogens (primary N) is 1. The minimum atomic E-state index is -0.561. The van der Waals surface area contributed by atoms with E-state index in [9.17, 15) is 9.59 Å². The molecule has 0 atom stereocenters. The monoisotopic (exact) mass is 459 g/mol. The summed E-state index contributed by atoms with van der Waals surface area (Å²) in [6.07, 6.45) is 5.67. The molecular weight excluding hydrogens is 430 g/mol. The van der Waals surface area contributed by atoms with Crippen molar-refractivity contribution in [1.29, 1.82) is 0 Å². The summed E-state index contributed by atoms with van der Waals surface area (Å²) in [6, 6.07) is 7.41. The van der Waals surface area contributed by atoms with Gasteiger partial charge in [-0.1, -0.05) is 24.0 Å². The number of ether oxygens (including phenoxy) is 1. The molecule has 34 heavy (non-hydrogen) atoms. The fourth-order valence-electron chi connectivity index (χ4n) is 3.62. The SMILES string of the molecule is CC(C)(C)OC(=O)NCCn1cc(C#Cc2cccc(C(=O)CC3CC3)c2)c2c(N)ncnc21. The summed E-state index contributed by atoms with van der Waals surface area (Å²) in [6.45, 7) is 6.25. The van der Waals surface area contributed by atoms with Crippen LogP contribution in [0.1, 0.15) is 61.5 Å². The smallest absolute Gasteiger partial charge is 0.407 e. The third-order valence-corrected chi connectivity index (χ3v) is 5.40. The molecule has 0 bridgehead atoms. The van der Waals surface area contributed by atoms with Crippen LogP contribution in [-0.4, -0.2) is 38.6 Å². The zero-order chi connectivity index (χ0) is 24.3. The summed E-state index contributed by atoms with van der Waals surface area (Å²) >= 11 is 0. The van der Waals surface area contributed by atoms with E-state index in [1.165, 1.54) is 6.33 Å². The summed E-state index contributed by atoms with van der Waals surface area (Å²) in [5.74, 6) is 7.34. The second-order valence-electron chi connectivity index (χ2n) is 9.52. The maximum Gasteiger partial charge on any atom is 0.407 e. The molecule has 1 aliphatic carbocycles. The van der Waals surface area contributed by atoms with Crippen LogP contribution < -0.4 is 11.1 Å². The average Bonchev–Trinajstić information content (AvgIpc) is 3.51. The van der Waals surface area contributed by atoms with Crippen molar-refractivity contribution >= 4 is 28.7 Å². The Hall–Kier alpha value is -3.86. The van der Waals surface area contributed by atoms with Crippen LogP contribution in [0.4, 0.5) is 10.6 Å². The number of nitrogen functional groups attached to an aromatic ring is 1. The van der Waals surface area contributed by atoms with Crippen LogP contribution in [0.5, 0.6) is 0 Å². The minimum absolute atomic E-state index is 0.165. The van der Waals surface area contributed by atoms with Gasteiger partial charge in [0.15, 0.2) is 5.78 Å². The molecule has 3 N–H and O–H groups in total. The highest BCUT2D eigenvalue weighted by Gasteiger charge is 2.24. The molecule has 8 nitrogen and oxygen atoms in total. The molecule has 0 spiro atoms. The Kier molecular flexibility index (Phi) is 6.55. The van der Waals surface area contributed by atoms with Crippen molar-refractivity contribution in [3.8, 4) is 11.8 Å². The number of benzene rings is 1. The van der Waals surface area contributed by atoms with Gasteiger partial charge < -0.3 is 20.4 Å². The van der Waals surface area contributed by atoms with Crippen molar-refractivity contribution in [2.24, 2.45) is 5.92 Å². The summed E-state index contributed by atoms with van der Waals surface area (Å²) in [5, 5.41) is 3.40. The van der Waals surface area contributed by atoms with Crippen molar-refractivity contribution in [1.82, 2.24) is 19.9 Å². The highest BCUT2D eigenvalue weighted by Crippen LogP contribution is 2.33. The standard InChI is InChI=1S/C26H29N5O3/c1-26(2,3)34-25(33)28-11-12-31-15-20(22-23(27)29-16-30-24(22)31)10-9-17-5-4-6-19(13-17)21(32)14-18-7-8-18/h4-6,13,15-16,18H,7-8,11-12,14H2,1-3H3,(H,28,33)(H2,27,29,30). The van der Waals surface area contributed by atoms with E-state index in [2.05, 4.69) is 27.1 Å². The Morgan fingerprint density at radius 3 is 2.76 bits per heavy atom.